The first-order valence-corrected chi connectivity index (χ1v) is 7.30. The van der Waals surface area contributed by atoms with Gasteiger partial charge in [-0.25, -0.2) is 0 Å². The van der Waals surface area contributed by atoms with Crippen LogP contribution in [0.4, 0.5) is 0 Å². The molecule has 0 spiro atoms. The van der Waals surface area contributed by atoms with Crippen molar-refractivity contribution in [2.45, 2.75) is 46.6 Å². The Labute approximate surface area is 120 Å². The van der Waals surface area contributed by atoms with Crippen LogP contribution < -0.4 is 5.32 Å². The van der Waals surface area contributed by atoms with Crippen LogP contribution >= 0.6 is 0 Å². The number of rotatable bonds is 5. The van der Waals surface area contributed by atoms with Gasteiger partial charge in [0.05, 0.1) is 0 Å². The molecule has 0 fully saturated rings. The van der Waals surface area contributed by atoms with Gasteiger partial charge in [0.1, 0.15) is 5.58 Å². The molecular formula is C17H23NO2. The molecule has 1 aromatic heterocycles. The summed E-state index contributed by atoms with van der Waals surface area (Å²) in [6, 6.07) is 7.95. The Balaban J connectivity index is 2.14. The van der Waals surface area contributed by atoms with Crippen molar-refractivity contribution < 1.29 is 9.21 Å². The van der Waals surface area contributed by atoms with E-state index in [1.54, 1.807) is 0 Å². The zero-order valence-corrected chi connectivity index (χ0v) is 12.7. The largest absolute Gasteiger partial charge is 0.451 e. The van der Waals surface area contributed by atoms with Crippen molar-refractivity contribution in [1.82, 2.24) is 5.32 Å². The number of aryl methyl sites for hydroxylation is 1. The van der Waals surface area contributed by atoms with Crippen LogP contribution in [0.1, 0.15) is 49.7 Å². The van der Waals surface area contributed by atoms with E-state index in [0.717, 1.165) is 29.4 Å². The highest BCUT2D eigenvalue weighted by atomic mass is 16.3. The van der Waals surface area contributed by atoms with Gasteiger partial charge < -0.3 is 9.73 Å². The van der Waals surface area contributed by atoms with Crippen LogP contribution in [0.25, 0.3) is 11.0 Å². The summed E-state index contributed by atoms with van der Waals surface area (Å²) in [5.74, 6) is 0.845. The van der Waals surface area contributed by atoms with Crippen molar-refractivity contribution >= 4 is 16.9 Å². The van der Waals surface area contributed by atoms with E-state index in [4.69, 9.17) is 4.42 Å². The van der Waals surface area contributed by atoms with E-state index in [0.29, 0.717) is 11.7 Å². The molecule has 20 heavy (non-hydrogen) atoms. The van der Waals surface area contributed by atoms with E-state index >= 15 is 0 Å². The van der Waals surface area contributed by atoms with E-state index < -0.39 is 0 Å². The number of hydrogen-bond acceptors (Lipinski definition) is 2. The molecule has 108 valence electrons. The van der Waals surface area contributed by atoms with Gasteiger partial charge in [-0.2, -0.15) is 0 Å². The Hall–Kier alpha value is -1.77. The molecule has 0 aliphatic rings. The molecule has 3 nitrogen and oxygen atoms in total. The highest BCUT2D eigenvalue weighted by molar-refractivity contribution is 5.96. The first-order valence-electron chi connectivity index (χ1n) is 7.30. The molecular weight excluding hydrogens is 250 g/mol. The smallest absolute Gasteiger partial charge is 0.287 e. The van der Waals surface area contributed by atoms with Gasteiger partial charge in [-0.05, 0) is 43.9 Å². The zero-order chi connectivity index (χ0) is 14.7. The summed E-state index contributed by atoms with van der Waals surface area (Å²) in [6.45, 7) is 8.45. The summed E-state index contributed by atoms with van der Waals surface area (Å²) in [5, 5.41) is 4.04. The summed E-state index contributed by atoms with van der Waals surface area (Å²) < 4.78 is 5.62. The number of amides is 1. The number of furan rings is 1. The molecule has 1 aromatic carbocycles. The lowest BCUT2D eigenvalue weighted by molar-refractivity contribution is 0.0905. The lowest BCUT2D eigenvalue weighted by Gasteiger charge is -2.18. The molecule has 2 aromatic rings. The third-order valence-electron chi connectivity index (χ3n) is 3.48. The van der Waals surface area contributed by atoms with Gasteiger partial charge in [-0.3, -0.25) is 4.79 Å². The summed E-state index contributed by atoms with van der Waals surface area (Å²) in [6.07, 6.45) is 1.92. The first-order chi connectivity index (χ1) is 9.49. The van der Waals surface area contributed by atoms with Gasteiger partial charge in [-0.15, -0.1) is 0 Å². The SMILES string of the molecule is CCC(CC(C)C)NC(=O)c1cc2cc(C)ccc2o1. The molecule has 0 saturated carbocycles. The van der Waals surface area contributed by atoms with E-state index in [-0.39, 0.29) is 11.9 Å². The van der Waals surface area contributed by atoms with Gasteiger partial charge in [0.25, 0.3) is 5.91 Å². The maximum Gasteiger partial charge on any atom is 0.287 e. The minimum atomic E-state index is -0.119. The standard InChI is InChI=1S/C17H23NO2/c1-5-14(8-11(2)3)18-17(19)16-10-13-9-12(4)6-7-15(13)20-16/h6-7,9-11,14H,5,8H2,1-4H3,(H,18,19). The van der Waals surface area contributed by atoms with Crippen LogP contribution in [-0.2, 0) is 0 Å². The Morgan fingerprint density at radius 1 is 1.30 bits per heavy atom. The summed E-state index contributed by atoms with van der Waals surface area (Å²) in [4.78, 5) is 12.2. The molecule has 0 aliphatic carbocycles. The second-order valence-corrected chi connectivity index (χ2v) is 5.86. The second-order valence-electron chi connectivity index (χ2n) is 5.86. The minimum absolute atomic E-state index is 0.119. The van der Waals surface area contributed by atoms with Crippen LogP contribution in [0.5, 0.6) is 0 Å². The average Bonchev–Trinajstić information content (AvgIpc) is 2.80. The fourth-order valence-electron chi connectivity index (χ4n) is 2.43. The Morgan fingerprint density at radius 3 is 2.70 bits per heavy atom. The third kappa shape index (κ3) is 3.41. The van der Waals surface area contributed by atoms with Gasteiger partial charge >= 0.3 is 0 Å². The van der Waals surface area contributed by atoms with Crippen LogP contribution in [0.2, 0.25) is 0 Å². The van der Waals surface area contributed by atoms with Crippen LogP contribution in [-0.4, -0.2) is 11.9 Å². The predicted octanol–water partition coefficient (Wildman–Crippen LogP) is 4.30. The third-order valence-corrected chi connectivity index (χ3v) is 3.48. The molecule has 3 heteroatoms. The summed E-state index contributed by atoms with van der Waals surface area (Å²) >= 11 is 0. The van der Waals surface area contributed by atoms with Crippen LogP contribution in [0, 0.1) is 12.8 Å². The number of benzene rings is 1. The Bertz CT molecular complexity index is 598. The van der Waals surface area contributed by atoms with Crippen LogP contribution in [0.15, 0.2) is 28.7 Å². The topological polar surface area (TPSA) is 42.2 Å². The number of carbonyl (C=O) groups is 1. The monoisotopic (exact) mass is 273 g/mol. The summed E-state index contributed by atoms with van der Waals surface area (Å²) in [7, 11) is 0. The molecule has 0 saturated heterocycles. The van der Waals surface area contributed by atoms with Gasteiger partial charge in [0, 0.05) is 11.4 Å². The summed E-state index contributed by atoms with van der Waals surface area (Å²) in [5.41, 5.74) is 1.93. The Morgan fingerprint density at radius 2 is 2.05 bits per heavy atom. The molecule has 1 N–H and O–H groups in total. The number of hydrogen-bond donors (Lipinski definition) is 1. The van der Waals surface area contributed by atoms with Crippen molar-refractivity contribution in [3.05, 3.63) is 35.6 Å². The second kappa shape index (κ2) is 6.12. The number of carbonyl (C=O) groups excluding carboxylic acids is 1. The van der Waals surface area contributed by atoms with Crippen molar-refractivity contribution in [2.75, 3.05) is 0 Å². The molecule has 2 rings (SSSR count). The van der Waals surface area contributed by atoms with E-state index in [2.05, 4.69) is 26.1 Å². The van der Waals surface area contributed by atoms with Crippen molar-refractivity contribution in [1.29, 1.82) is 0 Å². The van der Waals surface area contributed by atoms with Gasteiger partial charge in [-0.1, -0.05) is 32.4 Å². The molecule has 1 heterocycles. The molecule has 1 unspecified atom stereocenters. The Kier molecular flexibility index (Phi) is 4.48. The average molecular weight is 273 g/mol. The first kappa shape index (κ1) is 14.6. The zero-order valence-electron chi connectivity index (χ0n) is 12.7. The molecule has 0 radical (unpaired) electrons. The molecule has 0 bridgehead atoms. The molecule has 0 aliphatic heterocycles. The quantitative estimate of drug-likeness (QED) is 0.882. The van der Waals surface area contributed by atoms with E-state index in [1.165, 1.54) is 0 Å². The van der Waals surface area contributed by atoms with Gasteiger partial charge in [0.2, 0.25) is 0 Å². The number of fused-ring (bicyclic) bond motifs is 1. The van der Waals surface area contributed by atoms with Crippen molar-refractivity contribution in [3.8, 4) is 0 Å². The number of nitrogens with one attached hydrogen (secondary N) is 1. The lowest BCUT2D eigenvalue weighted by atomic mass is 10.0. The van der Waals surface area contributed by atoms with E-state index in [9.17, 15) is 4.79 Å². The normalized spacial score (nSPS) is 12.8. The minimum Gasteiger partial charge on any atom is -0.451 e. The maximum atomic E-state index is 12.2. The predicted molar refractivity (Wildman–Crippen MR) is 82.0 cm³/mol. The van der Waals surface area contributed by atoms with E-state index in [1.807, 2.05) is 31.2 Å². The lowest BCUT2D eigenvalue weighted by Crippen LogP contribution is -2.35. The van der Waals surface area contributed by atoms with Gasteiger partial charge in [0.15, 0.2) is 5.76 Å². The molecule has 1 amide bonds. The van der Waals surface area contributed by atoms with Crippen LogP contribution in [0.3, 0.4) is 0 Å². The van der Waals surface area contributed by atoms with Crippen molar-refractivity contribution in [2.24, 2.45) is 5.92 Å². The fourth-order valence-corrected chi connectivity index (χ4v) is 2.43. The maximum absolute atomic E-state index is 12.2. The van der Waals surface area contributed by atoms with Crippen molar-refractivity contribution in [3.63, 3.8) is 0 Å². The molecule has 1 atom stereocenters. The highest BCUT2D eigenvalue weighted by Gasteiger charge is 2.17. The fraction of sp³-hybridized carbons (Fsp3) is 0.471. The highest BCUT2D eigenvalue weighted by Crippen LogP contribution is 2.21.